The van der Waals surface area contributed by atoms with Gasteiger partial charge in [0, 0.05) is 5.92 Å². The second-order valence-corrected chi connectivity index (χ2v) is 15.9. The molecular weight excluding hydrogens is 769 g/mol. The van der Waals surface area contributed by atoms with Gasteiger partial charge in [-0.05, 0) is 95.4 Å². The molecule has 7 aromatic carbocycles. The normalized spacial score (nSPS) is 12.6. The van der Waals surface area contributed by atoms with Crippen LogP contribution in [0.4, 0.5) is 4.79 Å². The number of alkyl carbamates (subject to hydrolysis) is 1. The van der Waals surface area contributed by atoms with E-state index in [2.05, 4.69) is 71.3 Å². The Morgan fingerprint density at radius 2 is 1.08 bits per heavy atom. The molecule has 0 aromatic heterocycles. The summed E-state index contributed by atoms with van der Waals surface area (Å²) < 4.78 is 17.9. The van der Waals surface area contributed by atoms with Gasteiger partial charge in [0.25, 0.3) is 0 Å². The third-order valence-electron chi connectivity index (χ3n) is 11.9. The fourth-order valence-electron chi connectivity index (χ4n) is 8.65. The molecule has 0 fully saturated rings. The Labute approximate surface area is 364 Å². The van der Waals surface area contributed by atoms with Crippen LogP contribution in [0.5, 0.6) is 5.75 Å². The first-order chi connectivity index (χ1) is 30.3. The minimum Gasteiger partial charge on any atom is -0.497 e. The first-order valence-corrected chi connectivity index (χ1v) is 21.3. The first-order valence-electron chi connectivity index (χ1n) is 21.3. The number of aryl methyl sites for hydroxylation is 2. The van der Waals surface area contributed by atoms with Gasteiger partial charge in [-0.2, -0.15) is 0 Å². The predicted octanol–water partition coefficient (Wildman–Crippen LogP) is 11.2. The SMILES string of the molecule is COc1ccc(C(NCCC[C@H](NC(=O)OCC2c3ccccc3-c3ccccc32)C(=O)OC(c2ccc(C)cc2)c2ccc(C)cc2)(c2ccccc2)c2ccccc2)cc1. The molecule has 1 aliphatic rings. The lowest BCUT2D eigenvalue weighted by atomic mass is 9.77. The summed E-state index contributed by atoms with van der Waals surface area (Å²) in [7, 11) is 1.66. The highest BCUT2D eigenvalue weighted by molar-refractivity contribution is 5.82. The van der Waals surface area contributed by atoms with Crippen LogP contribution in [0.15, 0.2) is 182 Å². The van der Waals surface area contributed by atoms with Crippen LogP contribution < -0.4 is 15.4 Å². The zero-order chi connectivity index (χ0) is 42.9. The number of fused-ring (bicyclic) bond motifs is 3. The zero-order valence-corrected chi connectivity index (χ0v) is 35.4. The molecule has 1 aliphatic carbocycles. The molecule has 0 heterocycles. The minimum atomic E-state index is -1.00. The van der Waals surface area contributed by atoms with Gasteiger partial charge >= 0.3 is 12.1 Å². The molecule has 1 atom stereocenters. The van der Waals surface area contributed by atoms with E-state index in [-0.39, 0.29) is 18.9 Å². The number of methoxy groups -OCH3 is 1. The number of carbonyl (C=O) groups excluding carboxylic acids is 2. The van der Waals surface area contributed by atoms with E-state index in [1.165, 1.54) is 0 Å². The number of esters is 1. The van der Waals surface area contributed by atoms with Crippen molar-refractivity contribution in [3.05, 3.63) is 232 Å². The maximum absolute atomic E-state index is 14.5. The average molecular weight is 821 g/mol. The largest absolute Gasteiger partial charge is 0.497 e. The van der Waals surface area contributed by atoms with Gasteiger partial charge in [0.1, 0.15) is 18.4 Å². The van der Waals surface area contributed by atoms with Crippen LogP contribution in [0.2, 0.25) is 0 Å². The van der Waals surface area contributed by atoms with Crippen molar-refractivity contribution >= 4 is 12.1 Å². The summed E-state index contributed by atoms with van der Waals surface area (Å²) in [4.78, 5) is 28.4. The summed E-state index contributed by atoms with van der Waals surface area (Å²) in [5, 5.41) is 6.86. The van der Waals surface area contributed by atoms with Crippen molar-refractivity contribution in [3.63, 3.8) is 0 Å². The first kappa shape index (κ1) is 41.8. The van der Waals surface area contributed by atoms with Crippen molar-refractivity contribution in [2.24, 2.45) is 0 Å². The highest BCUT2D eigenvalue weighted by atomic mass is 16.6. The van der Waals surface area contributed by atoms with E-state index in [1.54, 1.807) is 7.11 Å². The summed E-state index contributed by atoms with van der Waals surface area (Å²) >= 11 is 0. The smallest absolute Gasteiger partial charge is 0.407 e. The molecule has 7 heteroatoms. The highest BCUT2D eigenvalue weighted by Crippen LogP contribution is 2.44. The Hall–Kier alpha value is -6.96. The molecule has 0 spiro atoms. The topological polar surface area (TPSA) is 85.9 Å². The molecule has 0 bridgehead atoms. The Bertz CT molecular complexity index is 2440. The number of benzene rings is 7. The van der Waals surface area contributed by atoms with Gasteiger partial charge < -0.3 is 19.5 Å². The molecule has 0 saturated carbocycles. The molecule has 1 amide bonds. The van der Waals surface area contributed by atoms with Gasteiger partial charge in [-0.15, -0.1) is 0 Å². The summed E-state index contributed by atoms with van der Waals surface area (Å²) in [6.45, 7) is 4.66. The summed E-state index contributed by atoms with van der Waals surface area (Å²) in [6.07, 6.45) is -0.564. The number of hydrogen-bond acceptors (Lipinski definition) is 6. The van der Waals surface area contributed by atoms with Gasteiger partial charge in [0.2, 0.25) is 0 Å². The van der Waals surface area contributed by atoms with Crippen LogP contribution >= 0.6 is 0 Å². The van der Waals surface area contributed by atoms with Crippen molar-refractivity contribution in [2.75, 3.05) is 20.3 Å². The Kier molecular flexibility index (Phi) is 12.9. The van der Waals surface area contributed by atoms with Crippen molar-refractivity contribution in [1.82, 2.24) is 10.6 Å². The van der Waals surface area contributed by atoms with E-state index in [4.69, 9.17) is 14.2 Å². The van der Waals surface area contributed by atoms with Crippen molar-refractivity contribution in [1.29, 1.82) is 0 Å². The Balaban J connectivity index is 1.06. The van der Waals surface area contributed by atoms with Gasteiger partial charge in [0.05, 0.1) is 12.6 Å². The van der Waals surface area contributed by atoms with Gasteiger partial charge in [-0.3, -0.25) is 5.32 Å². The van der Waals surface area contributed by atoms with Crippen LogP contribution in [0.3, 0.4) is 0 Å². The molecule has 0 saturated heterocycles. The zero-order valence-electron chi connectivity index (χ0n) is 35.4. The van der Waals surface area contributed by atoms with Gasteiger partial charge in [0.15, 0.2) is 6.10 Å². The maximum atomic E-state index is 14.5. The van der Waals surface area contributed by atoms with E-state index in [0.717, 1.165) is 66.9 Å². The standard InChI is InChI=1S/C55H52N2O5/c1-38-24-28-40(29-25-38)52(41-30-26-39(2)27-31-41)62-53(58)51(57-54(59)61-37-50-48-21-12-10-19-46(48)47-20-11-13-22-49(47)50)23-14-36-56-55(42-15-6-4-7-16-42,43-17-8-5-9-18-43)44-32-34-45(60-3)35-33-44/h4-13,15-22,24-35,50-52,56H,14,23,36-37H2,1-3H3,(H,57,59)/t51-/m0/s1. The maximum Gasteiger partial charge on any atom is 0.407 e. The van der Waals surface area contributed by atoms with Crippen LogP contribution in [0, 0.1) is 13.8 Å². The molecule has 312 valence electrons. The predicted molar refractivity (Wildman–Crippen MR) is 245 cm³/mol. The monoisotopic (exact) mass is 820 g/mol. The third-order valence-corrected chi connectivity index (χ3v) is 11.9. The molecular formula is C55H52N2O5. The summed E-state index contributed by atoms with van der Waals surface area (Å²) in [5.74, 6) is 0.0912. The Morgan fingerprint density at radius 3 is 1.60 bits per heavy atom. The van der Waals surface area contributed by atoms with E-state index in [1.807, 2.05) is 135 Å². The van der Waals surface area contributed by atoms with E-state index in [0.29, 0.717) is 13.0 Å². The second kappa shape index (κ2) is 19.2. The lowest BCUT2D eigenvalue weighted by molar-refractivity contribution is -0.150. The quantitative estimate of drug-likeness (QED) is 0.0574. The average Bonchev–Trinajstić information content (AvgIpc) is 3.64. The van der Waals surface area contributed by atoms with Crippen LogP contribution in [0.25, 0.3) is 11.1 Å². The molecule has 8 rings (SSSR count). The molecule has 62 heavy (non-hydrogen) atoms. The minimum absolute atomic E-state index is 0.122. The van der Waals surface area contributed by atoms with Crippen LogP contribution in [0.1, 0.15) is 74.9 Å². The summed E-state index contributed by atoms with van der Waals surface area (Å²) in [5.41, 5.74) is 10.8. The number of hydrogen-bond donors (Lipinski definition) is 2. The molecule has 0 unspecified atom stereocenters. The molecule has 2 N–H and O–H groups in total. The third kappa shape index (κ3) is 9.04. The van der Waals surface area contributed by atoms with Crippen molar-refractivity contribution < 1.29 is 23.8 Å². The molecule has 7 nitrogen and oxygen atoms in total. The molecule has 0 aliphatic heterocycles. The lowest BCUT2D eigenvalue weighted by Gasteiger charge is -2.37. The van der Waals surface area contributed by atoms with Crippen molar-refractivity contribution in [2.45, 2.75) is 50.3 Å². The number of amides is 1. The van der Waals surface area contributed by atoms with Crippen LogP contribution in [-0.2, 0) is 19.8 Å². The van der Waals surface area contributed by atoms with E-state index < -0.39 is 29.7 Å². The highest BCUT2D eigenvalue weighted by Gasteiger charge is 2.37. The van der Waals surface area contributed by atoms with Gasteiger partial charge in [-0.25, -0.2) is 9.59 Å². The fourth-order valence-corrected chi connectivity index (χ4v) is 8.65. The number of nitrogens with one attached hydrogen (secondary N) is 2. The number of ether oxygens (including phenoxy) is 3. The Morgan fingerprint density at radius 1 is 0.597 bits per heavy atom. The molecule has 7 aromatic rings. The van der Waals surface area contributed by atoms with E-state index in [9.17, 15) is 9.59 Å². The lowest BCUT2D eigenvalue weighted by Crippen LogP contribution is -2.46. The number of carbonyl (C=O) groups is 2. The fraction of sp³-hybridized carbons (Fsp3) is 0.200. The van der Waals surface area contributed by atoms with E-state index >= 15 is 0 Å². The van der Waals surface area contributed by atoms with Crippen molar-refractivity contribution in [3.8, 4) is 16.9 Å². The second-order valence-electron chi connectivity index (χ2n) is 15.9. The molecule has 0 radical (unpaired) electrons. The number of rotatable bonds is 16. The van der Waals surface area contributed by atoms with Gasteiger partial charge in [-0.1, -0.05) is 181 Å². The van der Waals surface area contributed by atoms with Crippen LogP contribution in [-0.4, -0.2) is 38.4 Å². The summed E-state index contributed by atoms with van der Waals surface area (Å²) in [6, 6.07) is 60.2.